The molecular formula is C17H15ClN2O5. The van der Waals surface area contributed by atoms with Crippen LogP contribution in [0.1, 0.15) is 12.5 Å². The average molecular weight is 363 g/mol. The van der Waals surface area contributed by atoms with E-state index in [9.17, 15) is 19.7 Å². The van der Waals surface area contributed by atoms with Crippen LogP contribution in [0.4, 0.5) is 11.4 Å². The molecule has 0 aliphatic heterocycles. The van der Waals surface area contributed by atoms with Gasteiger partial charge in [-0.05, 0) is 24.6 Å². The van der Waals surface area contributed by atoms with Gasteiger partial charge in [-0.15, -0.1) is 0 Å². The number of rotatable bonds is 6. The molecule has 0 radical (unpaired) electrons. The number of nitrogens with one attached hydrogen (secondary N) is 1. The molecule has 0 fully saturated rings. The van der Waals surface area contributed by atoms with Gasteiger partial charge in [0.1, 0.15) is 5.69 Å². The van der Waals surface area contributed by atoms with Crippen molar-refractivity contribution in [2.45, 2.75) is 19.4 Å². The highest BCUT2D eigenvalue weighted by molar-refractivity contribution is 6.31. The minimum atomic E-state index is -1.12. The number of carbonyl (C=O) groups excluding carboxylic acids is 2. The van der Waals surface area contributed by atoms with Gasteiger partial charge in [0.15, 0.2) is 6.10 Å². The first-order valence-electron chi connectivity index (χ1n) is 7.35. The summed E-state index contributed by atoms with van der Waals surface area (Å²) in [7, 11) is 0. The third-order valence-electron chi connectivity index (χ3n) is 3.33. The Balaban J connectivity index is 1.98. The molecule has 0 aliphatic carbocycles. The SMILES string of the molecule is C[C@H](OC(=O)Cc1ccccc1Cl)C(=O)Nc1ccccc1[N+](=O)[O-]. The van der Waals surface area contributed by atoms with Crippen LogP contribution in [0.5, 0.6) is 0 Å². The van der Waals surface area contributed by atoms with Gasteiger partial charge in [-0.1, -0.05) is 41.9 Å². The first-order valence-corrected chi connectivity index (χ1v) is 7.73. The van der Waals surface area contributed by atoms with E-state index >= 15 is 0 Å². The van der Waals surface area contributed by atoms with Crippen molar-refractivity contribution in [3.05, 3.63) is 69.2 Å². The number of hydrogen-bond acceptors (Lipinski definition) is 5. The van der Waals surface area contributed by atoms with Gasteiger partial charge < -0.3 is 10.1 Å². The third kappa shape index (κ3) is 5.02. The number of para-hydroxylation sites is 2. The smallest absolute Gasteiger partial charge is 0.311 e. The Hall–Kier alpha value is -2.93. The molecule has 0 heterocycles. The maximum absolute atomic E-state index is 12.1. The summed E-state index contributed by atoms with van der Waals surface area (Å²) in [5.41, 5.74) is 0.373. The topological polar surface area (TPSA) is 98.5 Å². The highest BCUT2D eigenvalue weighted by atomic mass is 35.5. The van der Waals surface area contributed by atoms with Gasteiger partial charge in [0.05, 0.1) is 11.3 Å². The second kappa shape index (κ2) is 8.25. The maximum atomic E-state index is 12.1. The normalized spacial score (nSPS) is 11.4. The second-order valence-corrected chi connectivity index (χ2v) is 5.57. The molecule has 0 bridgehead atoms. The average Bonchev–Trinajstić information content (AvgIpc) is 2.57. The van der Waals surface area contributed by atoms with Crippen LogP contribution in [0.15, 0.2) is 48.5 Å². The molecule has 7 nitrogen and oxygen atoms in total. The summed E-state index contributed by atoms with van der Waals surface area (Å²) in [6, 6.07) is 12.5. The number of benzene rings is 2. The van der Waals surface area contributed by atoms with E-state index in [1.54, 1.807) is 30.3 Å². The number of halogens is 1. The minimum absolute atomic E-state index is 0.0338. The summed E-state index contributed by atoms with van der Waals surface area (Å²) in [6.07, 6.45) is -1.20. The number of nitro benzene ring substituents is 1. The Labute approximate surface area is 148 Å². The molecule has 1 atom stereocenters. The fourth-order valence-corrected chi connectivity index (χ4v) is 2.27. The van der Waals surface area contributed by atoms with Crippen LogP contribution in [0.2, 0.25) is 5.02 Å². The third-order valence-corrected chi connectivity index (χ3v) is 3.70. The van der Waals surface area contributed by atoms with E-state index < -0.39 is 22.9 Å². The molecule has 25 heavy (non-hydrogen) atoms. The molecule has 2 aromatic rings. The van der Waals surface area contributed by atoms with Gasteiger partial charge in [-0.25, -0.2) is 0 Å². The molecule has 2 aromatic carbocycles. The van der Waals surface area contributed by atoms with Crippen LogP contribution in [0.3, 0.4) is 0 Å². The van der Waals surface area contributed by atoms with Crippen molar-refractivity contribution in [3.63, 3.8) is 0 Å². The Bertz CT molecular complexity index is 809. The van der Waals surface area contributed by atoms with Gasteiger partial charge in [-0.3, -0.25) is 19.7 Å². The molecule has 0 saturated carbocycles. The number of anilines is 1. The quantitative estimate of drug-likeness (QED) is 0.482. The van der Waals surface area contributed by atoms with Gasteiger partial charge in [0.2, 0.25) is 0 Å². The Morgan fingerprint density at radius 3 is 2.52 bits per heavy atom. The van der Waals surface area contributed by atoms with Crippen LogP contribution in [-0.2, 0) is 20.7 Å². The number of nitro groups is 1. The summed E-state index contributed by atoms with van der Waals surface area (Å²) in [6.45, 7) is 1.38. The van der Waals surface area contributed by atoms with E-state index in [0.29, 0.717) is 10.6 Å². The lowest BCUT2D eigenvalue weighted by molar-refractivity contribution is -0.383. The maximum Gasteiger partial charge on any atom is 0.311 e. The van der Waals surface area contributed by atoms with Crippen molar-refractivity contribution in [3.8, 4) is 0 Å². The zero-order valence-electron chi connectivity index (χ0n) is 13.3. The summed E-state index contributed by atoms with van der Waals surface area (Å²) in [4.78, 5) is 34.4. The Morgan fingerprint density at radius 2 is 1.84 bits per heavy atom. The lowest BCUT2D eigenvalue weighted by Crippen LogP contribution is -2.30. The molecule has 0 spiro atoms. The fraction of sp³-hybridized carbons (Fsp3) is 0.176. The first-order chi connectivity index (χ1) is 11.9. The van der Waals surface area contributed by atoms with Crippen molar-refractivity contribution in [1.29, 1.82) is 0 Å². The number of amides is 1. The van der Waals surface area contributed by atoms with Crippen molar-refractivity contribution in [1.82, 2.24) is 0 Å². The molecular weight excluding hydrogens is 348 g/mol. The van der Waals surface area contributed by atoms with Gasteiger partial charge in [0.25, 0.3) is 11.6 Å². The predicted molar refractivity (Wildman–Crippen MR) is 92.4 cm³/mol. The molecule has 0 saturated heterocycles. The molecule has 0 aromatic heterocycles. The summed E-state index contributed by atoms with van der Waals surface area (Å²) in [5.74, 6) is -1.29. The largest absolute Gasteiger partial charge is 0.452 e. The van der Waals surface area contributed by atoms with Crippen LogP contribution in [-0.4, -0.2) is 22.9 Å². The molecule has 2 rings (SSSR count). The van der Waals surface area contributed by atoms with Gasteiger partial charge >= 0.3 is 5.97 Å². The standard InChI is InChI=1S/C17H15ClN2O5/c1-11(25-16(21)10-12-6-2-3-7-13(12)18)17(22)19-14-8-4-5-9-15(14)20(23)24/h2-9,11H,10H2,1H3,(H,19,22)/t11-/m0/s1. The molecule has 1 amide bonds. The molecule has 0 unspecified atom stereocenters. The van der Waals surface area contributed by atoms with Crippen LogP contribution >= 0.6 is 11.6 Å². The van der Waals surface area contributed by atoms with E-state index in [-0.39, 0.29) is 17.8 Å². The number of hydrogen-bond donors (Lipinski definition) is 1. The Morgan fingerprint density at radius 1 is 1.20 bits per heavy atom. The van der Waals surface area contributed by atoms with Crippen LogP contribution in [0, 0.1) is 10.1 Å². The zero-order chi connectivity index (χ0) is 18.4. The zero-order valence-corrected chi connectivity index (χ0v) is 14.0. The molecule has 0 aliphatic rings. The molecule has 130 valence electrons. The van der Waals surface area contributed by atoms with Crippen LogP contribution < -0.4 is 5.32 Å². The van der Waals surface area contributed by atoms with Crippen molar-refractivity contribution in [2.24, 2.45) is 0 Å². The van der Waals surface area contributed by atoms with Crippen molar-refractivity contribution in [2.75, 3.05) is 5.32 Å². The summed E-state index contributed by atoms with van der Waals surface area (Å²) in [5, 5.41) is 13.8. The minimum Gasteiger partial charge on any atom is -0.452 e. The van der Waals surface area contributed by atoms with E-state index in [1.807, 2.05) is 0 Å². The molecule has 8 heteroatoms. The highest BCUT2D eigenvalue weighted by Gasteiger charge is 2.21. The van der Waals surface area contributed by atoms with E-state index in [2.05, 4.69) is 5.32 Å². The van der Waals surface area contributed by atoms with Crippen LogP contribution in [0.25, 0.3) is 0 Å². The number of esters is 1. The molecule has 1 N–H and O–H groups in total. The monoisotopic (exact) mass is 362 g/mol. The van der Waals surface area contributed by atoms with Gasteiger partial charge in [0, 0.05) is 11.1 Å². The van der Waals surface area contributed by atoms with E-state index in [4.69, 9.17) is 16.3 Å². The van der Waals surface area contributed by atoms with E-state index in [0.717, 1.165) is 0 Å². The number of ether oxygens (including phenoxy) is 1. The predicted octanol–water partition coefficient (Wildman–Crippen LogP) is 3.36. The van der Waals surface area contributed by atoms with E-state index in [1.165, 1.54) is 25.1 Å². The highest BCUT2D eigenvalue weighted by Crippen LogP contribution is 2.23. The summed E-state index contributed by atoms with van der Waals surface area (Å²) < 4.78 is 5.06. The lowest BCUT2D eigenvalue weighted by atomic mass is 10.1. The van der Waals surface area contributed by atoms with Gasteiger partial charge in [-0.2, -0.15) is 0 Å². The number of carbonyl (C=O) groups is 2. The lowest BCUT2D eigenvalue weighted by Gasteiger charge is -2.14. The second-order valence-electron chi connectivity index (χ2n) is 5.16. The Kier molecular flexibility index (Phi) is 6.08. The fourth-order valence-electron chi connectivity index (χ4n) is 2.06. The first kappa shape index (κ1) is 18.4. The number of nitrogens with zero attached hydrogens (tertiary/aromatic N) is 1. The van der Waals surface area contributed by atoms with Crippen molar-refractivity contribution >= 4 is 34.9 Å². The van der Waals surface area contributed by atoms with Crippen molar-refractivity contribution < 1.29 is 19.2 Å². The summed E-state index contributed by atoms with van der Waals surface area (Å²) >= 11 is 5.97.